The number of rotatable bonds is 8. The third-order valence-electron chi connectivity index (χ3n) is 3.04. The zero-order valence-electron chi connectivity index (χ0n) is 12.7. The van der Waals surface area contributed by atoms with Gasteiger partial charge < -0.3 is 5.11 Å². The zero-order chi connectivity index (χ0) is 16.0. The predicted molar refractivity (Wildman–Crippen MR) is 81.6 cm³/mol. The first kappa shape index (κ1) is 17.7. The second-order valence-corrected chi connectivity index (χ2v) is 7.40. The number of hydrogen-bond donors (Lipinski definition) is 2. The molecule has 0 saturated heterocycles. The van der Waals surface area contributed by atoms with Crippen LogP contribution < -0.4 is 4.72 Å². The van der Waals surface area contributed by atoms with Gasteiger partial charge in [-0.3, -0.25) is 4.79 Å². The minimum absolute atomic E-state index is 0.0375. The Hall–Kier alpha value is -1.40. The summed E-state index contributed by atoms with van der Waals surface area (Å²) >= 11 is 0. The molecular formula is C15H23NO4S. The van der Waals surface area contributed by atoms with Crippen LogP contribution in [-0.4, -0.2) is 25.5 Å². The summed E-state index contributed by atoms with van der Waals surface area (Å²) in [4.78, 5) is 10.7. The molecule has 0 aliphatic rings. The van der Waals surface area contributed by atoms with Gasteiger partial charge in [0.05, 0.1) is 4.90 Å². The average molecular weight is 313 g/mol. The highest BCUT2D eigenvalue weighted by molar-refractivity contribution is 7.89. The van der Waals surface area contributed by atoms with Gasteiger partial charge in [-0.25, -0.2) is 13.1 Å². The molecule has 0 fully saturated rings. The molecule has 21 heavy (non-hydrogen) atoms. The second kappa shape index (κ2) is 7.56. The van der Waals surface area contributed by atoms with Crippen LogP contribution in [0.2, 0.25) is 0 Å². The van der Waals surface area contributed by atoms with Crippen molar-refractivity contribution < 1.29 is 18.3 Å². The average Bonchev–Trinajstić information content (AvgIpc) is 2.35. The highest BCUT2D eigenvalue weighted by Gasteiger charge is 2.17. The van der Waals surface area contributed by atoms with E-state index in [1.165, 1.54) is 12.1 Å². The number of carbonyl (C=O) groups is 1. The van der Waals surface area contributed by atoms with Crippen LogP contribution >= 0.6 is 0 Å². The standard InChI is InChI=1S/C15H23NO4S/c1-11(2)10-12(3)16-21(19,20)14-7-4-13(5-8-14)6-9-15(17)18/h4-5,7-8,11-12,16H,6,9-10H2,1-3H3,(H,17,18). The van der Waals surface area contributed by atoms with E-state index in [4.69, 9.17) is 5.11 Å². The molecule has 1 aromatic carbocycles. The molecule has 118 valence electrons. The number of hydrogen-bond acceptors (Lipinski definition) is 3. The van der Waals surface area contributed by atoms with Gasteiger partial charge in [0, 0.05) is 12.5 Å². The molecule has 0 aliphatic heterocycles. The van der Waals surface area contributed by atoms with Crippen LogP contribution in [0, 0.1) is 5.92 Å². The molecule has 0 aromatic heterocycles. The second-order valence-electron chi connectivity index (χ2n) is 5.69. The van der Waals surface area contributed by atoms with Crippen LogP contribution in [0.4, 0.5) is 0 Å². The SMILES string of the molecule is CC(C)CC(C)NS(=O)(=O)c1ccc(CCC(=O)O)cc1. The van der Waals surface area contributed by atoms with Crippen molar-refractivity contribution in [3.8, 4) is 0 Å². The van der Waals surface area contributed by atoms with Gasteiger partial charge in [0.1, 0.15) is 0 Å². The number of benzene rings is 1. The summed E-state index contributed by atoms with van der Waals surface area (Å²) in [5.41, 5.74) is 0.812. The van der Waals surface area contributed by atoms with Gasteiger partial charge in [0.2, 0.25) is 10.0 Å². The lowest BCUT2D eigenvalue weighted by Crippen LogP contribution is -2.33. The van der Waals surface area contributed by atoms with E-state index >= 15 is 0 Å². The molecule has 0 amide bonds. The number of aryl methyl sites for hydroxylation is 1. The molecule has 0 saturated carbocycles. The van der Waals surface area contributed by atoms with E-state index in [2.05, 4.69) is 4.72 Å². The smallest absolute Gasteiger partial charge is 0.303 e. The molecule has 1 unspecified atom stereocenters. The van der Waals surface area contributed by atoms with Crippen molar-refractivity contribution >= 4 is 16.0 Å². The normalized spacial score (nSPS) is 13.3. The van der Waals surface area contributed by atoms with E-state index < -0.39 is 16.0 Å². The Labute approximate surface area is 126 Å². The Bertz CT molecular complexity index is 564. The molecule has 6 heteroatoms. The Morgan fingerprint density at radius 2 is 1.76 bits per heavy atom. The molecule has 0 bridgehead atoms. The summed E-state index contributed by atoms with van der Waals surface area (Å²) in [6.45, 7) is 5.93. The summed E-state index contributed by atoms with van der Waals surface area (Å²) in [7, 11) is -3.52. The summed E-state index contributed by atoms with van der Waals surface area (Å²) in [6.07, 6.45) is 1.21. The Kier molecular flexibility index (Phi) is 6.36. The minimum atomic E-state index is -3.52. The first-order valence-electron chi connectivity index (χ1n) is 7.04. The number of sulfonamides is 1. The third kappa shape index (κ3) is 6.27. The fraction of sp³-hybridized carbons (Fsp3) is 0.533. The molecule has 1 rings (SSSR count). The maximum Gasteiger partial charge on any atom is 0.303 e. The van der Waals surface area contributed by atoms with E-state index in [9.17, 15) is 13.2 Å². The van der Waals surface area contributed by atoms with E-state index in [1.807, 2.05) is 20.8 Å². The number of nitrogens with one attached hydrogen (secondary N) is 1. The Balaban J connectivity index is 2.73. The maximum absolute atomic E-state index is 12.2. The van der Waals surface area contributed by atoms with Gasteiger partial charge in [-0.2, -0.15) is 0 Å². The Morgan fingerprint density at radius 1 is 1.19 bits per heavy atom. The quantitative estimate of drug-likeness (QED) is 0.772. The van der Waals surface area contributed by atoms with Crippen molar-refractivity contribution in [1.29, 1.82) is 0 Å². The summed E-state index contributed by atoms with van der Waals surface area (Å²) < 4.78 is 27.0. The first-order chi connectivity index (χ1) is 9.70. The first-order valence-corrected chi connectivity index (χ1v) is 8.52. The van der Waals surface area contributed by atoms with Crippen molar-refractivity contribution in [2.45, 2.75) is 51.0 Å². The molecular weight excluding hydrogens is 290 g/mol. The molecule has 0 aliphatic carbocycles. The van der Waals surface area contributed by atoms with Gasteiger partial charge in [-0.1, -0.05) is 26.0 Å². The molecule has 2 N–H and O–H groups in total. The van der Waals surface area contributed by atoms with Crippen LogP contribution in [0.3, 0.4) is 0 Å². The van der Waals surface area contributed by atoms with Gasteiger partial charge >= 0.3 is 5.97 Å². The molecule has 5 nitrogen and oxygen atoms in total. The largest absolute Gasteiger partial charge is 0.481 e. The van der Waals surface area contributed by atoms with Gasteiger partial charge in [-0.15, -0.1) is 0 Å². The summed E-state index contributed by atoms with van der Waals surface area (Å²) in [6, 6.07) is 6.22. The predicted octanol–water partition coefficient (Wildman–Crippen LogP) is 2.42. The molecule has 1 aromatic rings. The highest BCUT2D eigenvalue weighted by Crippen LogP contribution is 2.14. The Morgan fingerprint density at radius 3 is 2.24 bits per heavy atom. The summed E-state index contributed by atoms with van der Waals surface area (Å²) in [5, 5.41) is 8.62. The van der Waals surface area contributed by atoms with E-state index in [1.54, 1.807) is 12.1 Å². The fourth-order valence-electron chi connectivity index (χ4n) is 2.17. The maximum atomic E-state index is 12.2. The van der Waals surface area contributed by atoms with Crippen molar-refractivity contribution in [3.05, 3.63) is 29.8 Å². The van der Waals surface area contributed by atoms with Crippen LogP contribution in [0.25, 0.3) is 0 Å². The van der Waals surface area contributed by atoms with E-state index in [0.717, 1.165) is 12.0 Å². The van der Waals surface area contributed by atoms with Crippen LogP contribution in [0.1, 0.15) is 39.2 Å². The molecule has 0 radical (unpaired) electrons. The zero-order valence-corrected chi connectivity index (χ0v) is 13.5. The van der Waals surface area contributed by atoms with Crippen LogP contribution in [0.5, 0.6) is 0 Å². The van der Waals surface area contributed by atoms with Crippen molar-refractivity contribution in [2.75, 3.05) is 0 Å². The topological polar surface area (TPSA) is 83.5 Å². The van der Waals surface area contributed by atoms with E-state index in [0.29, 0.717) is 12.3 Å². The number of aliphatic carboxylic acids is 1. The van der Waals surface area contributed by atoms with Crippen LogP contribution in [-0.2, 0) is 21.2 Å². The lowest BCUT2D eigenvalue weighted by molar-refractivity contribution is -0.136. The molecule has 1 atom stereocenters. The number of carboxylic acids is 1. The van der Waals surface area contributed by atoms with Crippen molar-refractivity contribution in [2.24, 2.45) is 5.92 Å². The third-order valence-corrected chi connectivity index (χ3v) is 4.65. The lowest BCUT2D eigenvalue weighted by atomic mass is 10.1. The minimum Gasteiger partial charge on any atom is -0.481 e. The summed E-state index contributed by atoms with van der Waals surface area (Å²) in [5.74, 6) is -0.447. The number of carboxylic acid groups (broad SMARTS) is 1. The van der Waals surface area contributed by atoms with Crippen molar-refractivity contribution in [3.63, 3.8) is 0 Å². The van der Waals surface area contributed by atoms with Crippen molar-refractivity contribution in [1.82, 2.24) is 4.72 Å². The fourth-order valence-corrected chi connectivity index (χ4v) is 3.43. The highest BCUT2D eigenvalue weighted by atomic mass is 32.2. The van der Waals surface area contributed by atoms with Gasteiger partial charge in [0.15, 0.2) is 0 Å². The van der Waals surface area contributed by atoms with Gasteiger partial charge in [0.25, 0.3) is 0 Å². The monoisotopic (exact) mass is 313 g/mol. The van der Waals surface area contributed by atoms with Crippen LogP contribution in [0.15, 0.2) is 29.2 Å². The van der Waals surface area contributed by atoms with Gasteiger partial charge in [-0.05, 0) is 43.4 Å². The molecule has 0 heterocycles. The van der Waals surface area contributed by atoms with E-state index in [-0.39, 0.29) is 17.4 Å². The molecule has 0 spiro atoms. The lowest BCUT2D eigenvalue weighted by Gasteiger charge is -2.16.